The molecule has 0 aliphatic carbocycles. The molecule has 112 valence electrons. The first-order chi connectivity index (χ1) is 9.67. The molecule has 5 heteroatoms. The average Bonchev–Trinajstić information content (AvgIpc) is 2.49. The van der Waals surface area contributed by atoms with Gasteiger partial charge in [-0.15, -0.1) is 0 Å². The van der Waals surface area contributed by atoms with Crippen molar-refractivity contribution in [1.82, 2.24) is 4.90 Å². The summed E-state index contributed by atoms with van der Waals surface area (Å²) in [5.74, 6) is 1.27. The van der Waals surface area contributed by atoms with Crippen molar-refractivity contribution in [1.29, 1.82) is 0 Å². The third kappa shape index (κ3) is 3.37. The fourth-order valence-electron chi connectivity index (χ4n) is 2.58. The summed E-state index contributed by atoms with van der Waals surface area (Å²) >= 11 is 6.42. The highest BCUT2D eigenvalue weighted by atomic mass is 35.5. The summed E-state index contributed by atoms with van der Waals surface area (Å²) in [6, 6.07) is 4.45. The molecule has 0 amide bonds. The largest absolute Gasteiger partial charge is 0.493 e. The Labute approximate surface area is 125 Å². The molecule has 1 aliphatic heterocycles. The summed E-state index contributed by atoms with van der Waals surface area (Å²) in [4.78, 5) is 2.33. The molecule has 1 aliphatic rings. The molecule has 1 aromatic rings. The lowest BCUT2D eigenvalue weighted by Gasteiger charge is -2.31. The third-order valence-electron chi connectivity index (χ3n) is 3.80. The zero-order valence-corrected chi connectivity index (χ0v) is 13.1. The lowest BCUT2D eigenvalue weighted by Crippen LogP contribution is -2.36. The van der Waals surface area contributed by atoms with Crippen LogP contribution in [0.1, 0.15) is 18.4 Å². The van der Waals surface area contributed by atoms with Gasteiger partial charge in [0.1, 0.15) is 0 Å². The van der Waals surface area contributed by atoms with E-state index < -0.39 is 0 Å². The Balaban J connectivity index is 2.12. The van der Waals surface area contributed by atoms with Crippen LogP contribution in [0.5, 0.6) is 11.5 Å². The molecule has 0 unspecified atom stereocenters. The second-order valence-corrected chi connectivity index (χ2v) is 5.41. The van der Waals surface area contributed by atoms with Crippen molar-refractivity contribution in [3.05, 3.63) is 22.7 Å². The van der Waals surface area contributed by atoms with E-state index in [-0.39, 0.29) is 0 Å². The maximum absolute atomic E-state index is 6.42. The summed E-state index contributed by atoms with van der Waals surface area (Å²) in [6.07, 6.45) is 2.14. The van der Waals surface area contributed by atoms with Crippen molar-refractivity contribution in [2.45, 2.75) is 25.4 Å². The second kappa shape index (κ2) is 7.16. The van der Waals surface area contributed by atoms with Gasteiger partial charge in [-0.05, 0) is 31.5 Å². The zero-order valence-electron chi connectivity index (χ0n) is 12.3. The van der Waals surface area contributed by atoms with Gasteiger partial charge in [0.25, 0.3) is 0 Å². The fourth-order valence-corrected chi connectivity index (χ4v) is 2.87. The zero-order chi connectivity index (χ0) is 14.5. The van der Waals surface area contributed by atoms with Gasteiger partial charge < -0.3 is 14.2 Å². The van der Waals surface area contributed by atoms with Gasteiger partial charge >= 0.3 is 0 Å². The van der Waals surface area contributed by atoms with E-state index in [1.54, 1.807) is 14.2 Å². The standard InChI is InChI=1S/C15H22ClNO3/c1-17(12-6-8-20-9-7-12)10-11-4-5-13(18-2)15(19-3)14(11)16/h4-5,12H,6-10H2,1-3H3. The molecule has 2 rings (SSSR count). The van der Waals surface area contributed by atoms with Crippen molar-refractivity contribution in [3.63, 3.8) is 0 Å². The molecule has 20 heavy (non-hydrogen) atoms. The summed E-state index contributed by atoms with van der Waals surface area (Å²) in [5, 5.41) is 0.630. The van der Waals surface area contributed by atoms with Crippen molar-refractivity contribution in [2.75, 3.05) is 34.5 Å². The lowest BCUT2D eigenvalue weighted by molar-refractivity contribution is 0.0407. The van der Waals surface area contributed by atoms with Crippen LogP contribution < -0.4 is 9.47 Å². The first-order valence-corrected chi connectivity index (χ1v) is 7.22. The SMILES string of the molecule is COc1ccc(CN(C)C2CCOCC2)c(Cl)c1OC. The van der Waals surface area contributed by atoms with Crippen molar-refractivity contribution in [3.8, 4) is 11.5 Å². The maximum atomic E-state index is 6.42. The van der Waals surface area contributed by atoms with Crippen LogP contribution in [0.15, 0.2) is 12.1 Å². The molecule has 4 nitrogen and oxygen atoms in total. The number of hydrogen-bond donors (Lipinski definition) is 0. The summed E-state index contributed by atoms with van der Waals surface area (Å²) in [5.41, 5.74) is 1.05. The third-order valence-corrected chi connectivity index (χ3v) is 4.21. The minimum absolute atomic E-state index is 0.549. The van der Waals surface area contributed by atoms with Gasteiger partial charge in [0.15, 0.2) is 11.5 Å². The molecule has 1 heterocycles. The quantitative estimate of drug-likeness (QED) is 0.836. The highest BCUT2D eigenvalue weighted by molar-refractivity contribution is 6.33. The Bertz CT molecular complexity index is 447. The minimum atomic E-state index is 0.549. The molecule has 0 saturated carbocycles. The summed E-state index contributed by atoms with van der Waals surface area (Å²) in [6.45, 7) is 2.48. The van der Waals surface area contributed by atoms with E-state index in [2.05, 4.69) is 11.9 Å². The van der Waals surface area contributed by atoms with Gasteiger partial charge in [-0.25, -0.2) is 0 Å². The molecule has 0 atom stereocenters. The molecule has 0 N–H and O–H groups in total. The number of ether oxygens (including phenoxy) is 3. The average molecular weight is 300 g/mol. The molecule has 0 radical (unpaired) electrons. The summed E-state index contributed by atoms with van der Waals surface area (Å²) < 4.78 is 16.0. The first-order valence-electron chi connectivity index (χ1n) is 6.84. The Kier molecular flexibility index (Phi) is 5.52. The fraction of sp³-hybridized carbons (Fsp3) is 0.600. The van der Waals surface area contributed by atoms with Gasteiger partial charge in [-0.3, -0.25) is 4.90 Å². The highest BCUT2D eigenvalue weighted by Gasteiger charge is 2.20. The number of rotatable bonds is 5. The number of methoxy groups -OCH3 is 2. The Morgan fingerprint density at radius 3 is 2.55 bits per heavy atom. The number of halogens is 1. The predicted octanol–water partition coefficient (Wildman–Crippen LogP) is 2.97. The lowest BCUT2D eigenvalue weighted by atomic mass is 10.1. The van der Waals surface area contributed by atoms with E-state index in [0.717, 1.165) is 38.2 Å². The van der Waals surface area contributed by atoms with Crippen LogP contribution in [0.3, 0.4) is 0 Å². The van der Waals surface area contributed by atoms with Crippen LogP contribution >= 0.6 is 11.6 Å². The molecular weight excluding hydrogens is 278 g/mol. The van der Waals surface area contributed by atoms with Crippen LogP contribution in [-0.4, -0.2) is 45.4 Å². The van der Waals surface area contributed by atoms with Crippen molar-refractivity contribution >= 4 is 11.6 Å². The van der Waals surface area contributed by atoms with E-state index in [1.807, 2.05) is 12.1 Å². The summed E-state index contributed by atoms with van der Waals surface area (Å²) in [7, 11) is 5.35. The van der Waals surface area contributed by atoms with E-state index in [4.69, 9.17) is 25.8 Å². The molecule has 0 bridgehead atoms. The monoisotopic (exact) mass is 299 g/mol. The Morgan fingerprint density at radius 1 is 1.25 bits per heavy atom. The number of benzene rings is 1. The van der Waals surface area contributed by atoms with E-state index in [1.165, 1.54) is 0 Å². The predicted molar refractivity (Wildman–Crippen MR) is 79.9 cm³/mol. The number of nitrogens with zero attached hydrogens (tertiary/aromatic N) is 1. The van der Waals surface area contributed by atoms with Crippen molar-refractivity contribution in [2.24, 2.45) is 0 Å². The minimum Gasteiger partial charge on any atom is -0.493 e. The van der Waals surface area contributed by atoms with Crippen molar-refractivity contribution < 1.29 is 14.2 Å². The molecule has 1 fully saturated rings. The Morgan fingerprint density at radius 2 is 1.95 bits per heavy atom. The number of hydrogen-bond acceptors (Lipinski definition) is 4. The Hall–Kier alpha value is -0.970. The van der Waals surface area contributed by atoms with Gasteiger partial charge in [-0.2, -0.15) is 0 Å². The van der Waals surface area contributed by atoms with Gasteiger partial charge in [0.05, 0.1) is 19.2 Å². The first kappa shape index (κ1) is 15.4. The van der Waals surface area contributed by atoms with E-state index >= 15 is 0 Å². The maximum Gasteiger partial charge on any atom is 0.179 e. The molecule has 0 aromatic heterocycles. The second-order valence-electron chi connectivity index (χ2n) is 5.03. The highest BCUT2D eigenvalue weighted by Crippen LogP contribution is 2.37. The van der Waals surface area contributed by atoms with E-state index in [9.17, 15) is 0 Å². The van der Waals surface area contributed by atoms with Gasteiger partial charge in [0, 0.05) is 25.8 Å². The molecule has 1 aromatic carbocycles. The van der Waals surface area contributed by atoms with Gasteiger partial charge in [0.2, 0.25) is 0 Å². The molecular formula is C15H22ClNO3. The van der Waals surface area contributed by atoms with Gasteiger partial charge in [-0.1, -0.05) is 17.7 Å². The normalized spacial score (nSPS) is 16.4. The molecule has 0 spiro atoms. The van der Waals surface area contributed by atoms with Crippen LogP contribution in [0, 0.1) is 0 Å². The molecule has 1 saturated heterocycles. The smallest absolute Gasteiger partial charge is 0.179 e. The van der Waals surface area contributed by atoms with Crippen LogP contribution in [0.4, 0.5) is 0 Å². The van der Waals surface area contributed by atoms with E-state index in [0.29, 0.717) is 22.6 Å². The topological polar surface area (TPSA) is 30.9 Å². The van der Waals surface area contributed by atoms with Crippen LogP contribution in [0.25, 0.3) is 0 Å². The van der Waals surface area contributed by atoms with Crippen LogP contribution in [0.2, 0.25) is 5.02 Å². The van der Waals surface area contributed by atoms with Crippen LogP contribution in [-0.2, 0) is 11.3 Å².